The number of methoxy groups -OCH3 is 1. The third kappa shape index (κ3) is 8.08. The van der Waals surface area contributed by atoms with Crippen molar-refractivity contribution in [3.05, 3.63) is 35.9 Å². The number of aliphatic hydroxyl groups is 1. The molecule has 8 heteroatoms. The number of aliphatic hydroxyl groups excluding tert-OH is 1. The molecular weight excluding hydrogens is 352 g/mol. The third-order valence-electron chi connectivity index (χ3n) is 3.52. The van der Waals surface area contributed by atoms with E-state index < -0.39 is 41.8 Å². The van der Waals surface area contributed by atoms with Gasteiger partial charge in [0.2, 0.25) is 5.91 Å². The predicted molar refractivity (Wildman–Crippen MR) is 98.9 cm³/mol. The minimum Gasteiger partial charge on any atom is -0.467 e. The minimum atomic E-state index is -1.29. The van der Waals surface area contributed by atoms with Crippen molar-refractivity contribution in [2.75, 3.05) is 7.11 Å². The normalized spacial score (nSPS) is 14.4. The van der Waals surface area contributed by atoms with E-state index in [0.29, 0.717) is 0 Å². The Hall–Kier alpha value is -2.61. The summed E-state index contributed by atoms with van der Waals surface area (Å²) in [6, 6.07) is 6.83. The molecule has 3 atom stereocenters. The highest BCUT2D eigenvalue weighted by Gasteiger charge is 2.31. The highest BCUT2D eigenvalue weighted by atomic mass is 16.6. The van der Waals surface area contributed by atoms with Gasteiger partial charge in [-0.1, -0.05) is 30.3 Å². The number of carbonyl (C=O) groups excluding carboxylic acids is 3. The number of ether oxygens (including phenoxy) is 2. The molecule has 27 heavy (non-hydrogen) atoms. The molecule has 2 amide bonds. The number of nitrogens with one attached hydrogen (secondary N) is 2. The fourth-order valence-electron chi connectivity index (χ4n) is 2.29. The van der Waals surface area contributed by atoms with Gasteiger partial charge in [-0.25, -0.2) is 9.59 Å². The first kappa shape index (κ1) is 22.4. The summed E-state index contributed by atoms with van der Waals surface area (Å²) in [4.78, 5) is 36.5. The largest absolute Gasteiger partial charge is 0.467 e. The molecule has 1 aromatic carbocycles. The Morgan fingerprint density at radius 1 is 1.11 bits per heavy atom. The van der Waals surface area contributed by atoms with Gasteiger partial charge in [-0.05, 0) is 33.3 Å². The maximum absolute atomic E-state index is 12.6. The Labute approximate surface area is 159 Å². The number of amides is 2. The average Bonchev–Trinajstić information content (AvgIpc) is 2.57. The molecule has 0 aromatic heterocycles. The molecule has 1 aromatic rings. The van der Waals surface area contributed by atoms with Gasteiger partial charge in [0, 0.05) is 6.42 Å². The Morgan fingerprint density at radius 3 is 2.19 bits per heavy atom. The van der Waals surface area contributed by atoms with E-state index in [9.17, 15) is 19.5 Å². The fraction of sp³-hybridized carbons (Fsp3) is 0.526. The van der Waals surface area contributed by atoms with Gasteiger partial charge < -0.3 is 25.2 Å². The van der Waals surface area contributed by atoms with Crippen molar-refractivity contribution in [1.82, 2.24) is 10.6 Å². The number of hydrogen-bond donors (Lipinski definition) is 3. The van der Waals surface area contributed by atoms with Crippen molar-refractivity contribution in [2.45, 2.75) is 57.9 Å². The SMILES string of the molecule is COC(=O)[C@H](Cc1ccccc1)NC(=O)[C@@H](NC(=O)OC(C)(C)C)[C@@H](C)O. The van der Waals surface area contributed by atoms with Crippen molar-refractivity contribution >= 4 is 18.0 Å². The second-order valence-electron chi connectivity index (χ2n) is 7.14. The Bertz CT molecular complexity index is 639. The Kier molecular flexibility index (Phi) is 8.24. The summed E-state index contributed by atoms with van der Waals surface area (Å²) in [5.41, 5.74) is 0.0629. The highest BCUT2D eigenvalue weighted by molar-refractivity contribution is 5.90. The number of esters is 1. The fourth-order valence-corrected chi connectivity index (χ4v) is 2.29. The zero-order valence-corrected chi connectivity index (χ0v) is 16.3. The topological polar surface area (TPSA) is 114 Å². The van der Waals surface area contributed by atoms with Crippen molar-refractivity contribution < 1.29 is 29.0 Å². The summed E-state index contributed by atoms with van der Waals surface area (Å²) in [6.07, 6.45) is -1.84. The maximum atomic E-state index is 12.6. The van der Waals surface area contributed by atoms with Gasteiger partial charge in [-0.15, -0.1) is 0 Å². The third-order valence-corrected chi connectivity index (χ3v) is 3.52. The van der Waals surface area contributed by atoms with Gasteiger partial charge in [0.05, 0.1) is 13.2 Å². The van der Waals surface area contributed by atoms with Crippen molar-refractivity contribution in [3.63, 3.8) is 0 Å². The average molecular weight is 380 g/mol. The van der Waals surface area contributed by atoms with E-state index in [1.54, 1.807) is 20.8 Å². The Morgan fingerprint density at radius 2 is 1.70 bits per heavy atom. The monoisotopic (exact) mass is 380 g/mol. The molecule has 0 heterocycles. The molecule has 0 radical (unpaired) electrons. The van der Waals surface area contributed by atoms with Crippen LogP contribution in [0.2, 0.25) is 0 Å². The van der Waals surface area contributed by atoms with Crippen LogP contribution in [-0.2, 0) is 25.5 Å². The van der Waals surface area contributed by atoms with Crippen molar-refractivity contribution in [3.8, 4) is 0 Å². The van der Waals surface area contributed by atoms with Crippen LogP contribution in [0.25, 0.3) is 0 Å². The predicted octanol–water partition coefficient (Wildman–Crippen LogP) is 1.16. The molecule has 0 fully saturated rings. The standard InChI is InChI=1S/C19H28N2O6/c1-12(22)15(21-18(25)27-19(2,3)4)16(23)20-14(17(24)26-5)11-13-9-7-6-8-10-13/h6-10,12,14-15,22H,11H2,1-5H3,(H,20,23)(H,21,25)/t12-,14+,15+/m1/s1. The molecule has 0 aliphatic carbocycles. The number of hydrogen-bond acceptors (Lipinski definition) is 6. The molecule has 0 saturated carbocycles. The number of benzene rings is 1. The zero-order chi connectivity index (χ0) is 20.6. The molecule has 0 saturated heterocycles. The van der Waals surface area contributed by atoms with E-state index in [1.165, 1.54) is 14.0 Å². The van der Waals surface area contributed by atoms with Crippen LogP contribution < -0.4 is 10.6 Å². The van der Waals surface area contributed by atoms with Crippen LogP contribution in [0.1, 0.15) is 33.3 Å². The molecular formula is C19H28N2O6. The van der Waals surface area contributed by atoms with Gasteiger partial charge >= 0.3 is 12.1 Å². The van der Waals surface area contributed by atoms with Crippen LogP contribution in [0.4, 0.5) is 4.79 Å². The van der Waals surface area contributed by atoms with Gasteiger partial charge in [-0.3, -0.25) is 4.79 Å². The molecule has 8 nitrogen and oxygen atoms in total. The number of carbonyl (C=O) groups is 3. The van der Waals surface area contributed by atoms with E-state index in [0.717, 1.165) is 5.56 Å². The van der Waals surface area contributed by atoms with Gasteiger partial charge in [-0.2, -0.15) is 0 Å². The first-order valence-electron chi connectivity index (χ1n) is 8.63. The molecule has 1 rings (SSSR count). The molecule has 0 aliphatic rings. The summed E-state index contributed by atoms with van der Waals surface area (Å²) < 4.78 is 9.85. The lowest BCUT2D eigenvalue weighted by atomic mass is 10.0. The molecule has 3 N–H and O–H groups in total. The molecule has 0 unspecified atom stereocenters. The first-order valence-corrected chi connectivity index (χ1v) is 8.63. The lowest BCUT2D eigenvalue weighted by Gasteiger charge is -2.26. The first-order chi connectivity index (χ1) is 12.5. The second-order valence-corrected chi connectivity index (χ2v) is 7.14. The summed E-state index contributed by atoms with van der Waals surface area (Å²) in [7, 11) is 1.22. The van der Waals surface area contributed by atoms with E-state index >= 15 is 0 Å². The summed E-state index contributed by atoms with van der Waals surface area (Å²) >= 11 is 0. The molecule has 0 bridgehead atoms. The van der Waals surface area contributed by atoms with Crippen LogP contribution >= 0.6 is 0 Å². The molecule has 150 valence electrons. The minimum absolute atomic E-state index is 0.207. The smallest absolute Gasteiger partial charge is 0.408 e. The van der Waals surface area contributed by atoms with E-state index in [1.807, 2.05) is 30.3 Å². The van der Waals surface area contributed by atoms with Gasteiger partial charge in [0.25, 0.3) is 0 Å². The summed E-state index contributed by atoms with van der Waals surface area (Å²) in [6.45, 7) is 6.39. The summed E-state index contributed by atoms with van der Waals surface area (Å²) in [5, 5.41) is 14.7. The summed E-state index contributed by atoms with van der Waals surface area (Å²) in [5.74, 6) is -1.35. The second kappa shape index (κ2) is 9.91. The van der Waals surface area contributed by atoms with E-state index in [-0.39, 0.29) is 6.42 Å². The van der Waals surface area contributed by atoms with Gasteiger partial charge in [0.1, 0.15) is 17.7 Å². The maximum Gasteiger partial charge on any atom is 0.408 e. The van der Waals surface area contributed by atoms with Gasteiger partial charge in [0.15, 0.2) is 0 Å². The lowest BCUT2D eigenvalue weighted by Crippen LogP contribution is -2.56. The van der Waals surface area contributed by atoms with Crippen LogP contribution in [0, 0.1) is 0 Å². The van der Waals surface area contributed by atoms with Crippen LogP contribution in [0.3, 0.4) is 0 Å². The number of rotatable bonds is 7. The van der Waals surface area contributed by atoms with Crippen molar-refractivity contribution in [2.24, 2.45) is 0 Å². The lowest BCUT2D eigenvalue weighted by molar-refractivity contribution is -0.145. The molecule has 0 aliphatic heterocycles. The quantitative estimate of drug-likeness (QED) is 0.612. The number of alkyl carbamates (subject to hydrolysis) is 1. The van der Waals surface area contributed by atoms with Crippen LogP contribution in [0.15, 0.2) is 30.3 Å². The van der Waals surface area contributed by atoms with E-state index in [2.05, 4.69) is 10.6 Å². The van der Waals surface area contributed by atoms with E-state index in [4.69, 9.17) is 9.47 Å². The van der Waals surface area contributed by atoms with Crippen molar-refractivity contribution in [1.29, 1.82) is 0 Å². The van der Waals surface area contributed by atoms with Crippen LogP contribution in [-0.4, -0.2) is 54.0 Å². The Balaban J connectivity index is 2.85. The highest BCUT2D eigenvalue weighted by Crippen LogP contribution is 2.08. The molecule has 0 spiro atoms. The zero-order valence-electron chi connectivity index (χ0n) is 16.3. The van der Waals surface area contributed by atoms with Crippen LogP contribution in [0.5, 0.6) is 0 Å².